The summed E-state index contributed by atoms with van der Waals surface area (Å²) < 4.78 is 32.3. The zero-order valence-corrected chi connectivity index (χ0v) is 11.7. The summed E-state index contributed by atoms with van der Waals surface area (Å²) in [5.74, 6) is 0.630. The second-order valence-corrected chi connectivity index (χ2v) is 6.43. The number of nitrogens with two attached hydrogens (primary N) is 1. The van der Waals surface area contributed by atoms with Crippen molar-refractivity contribution in [1.29, 1.82) is 0 Å². The number of rotatable bonds is 6. The molecule has 3 N–H and O–H groups in total. The first-order valence-corrected chi connectivity index (χ1v) is 8.05. The first-order valence-electron chi connectivity index (χ1n) is 6.57. The van der Waals surface area contributed by atoms with Crippen molar-refractivity contribution in [2.75, 3.05) is 13.2 Å². The molecule has 0 aromatic heterocycles. The zero-order valence-electron chi connectivity index (χ0n) is 10.8. The standard InChI is InChI=1S/C13H20N2O3S/c14-9-10-18-12-5-7-13(8-6-12)19(16,17)15-11-3-1-2-4-11/h5-8,11,15H,1-4,9-10,14H2. The Hall–Kier alpha value is -1.11. The summed E-state index contributed by atoms with van der Waals surface area (Å²) in [5.41, 5.74) is 5.34. The minimum atomic E-state index is -3.41. The summed E-state index contributed by atoms with van der Waals surface area (Å²) in [6.45, 7) is 0.857. The Morgan fingerprint density at radius 2 is 1.84 bits per heavy atom. The molecular weight excluding hydrogens is 264 g/mol. The molecule has 1 aliphatic rings. The number of nitrogens with one attached hydrogen (secondary N) is 1. The van der Waals surface area contributed by atoms with E-state index in [1.54, 1.807) is 24.3 Å². The molecular formula is C13H20N2O3S. The number of hydrogen-bond acceptors (Lipinski definition) is 4. The lowest BCUT2D eigenvalue weighted by Gasteiger charge is -2.13. The Kier molecular flexibility index (Phi) is 4.79. The van der Waals surface area contributed by atoms with E-state index in [0.717, 1.165) is 25.7 Å². The molecule has 1 aliphatic carbocycles. The summed E-state index contributed by atoms with van der Waals surface area (Å²) in [5, 5.41) is 0. The Morgan fingerprint density at radius 1 is 1.21 bits per heavy atom. The van der Waals surface area contributed by atoms with Gasteiger partial charge in [0.2, 0.25) is 10.0 Å². The highest BCUT2D eigenvalue weighted by molar-refractivity contribution is 7.89. The van der Waals surface area contributed by atoms with Crippen molar-refractivity contribution in [3.63, 3.8) is 0 Å². The van der Waals surface area contributed by atoms with Crippen LogP contribution in [0.3, 0.4) is 0 Å². The second-order valence-electron chi connectivity index (χ2n) is 4.71. The molecule has 5 nitrogen and oxygen atoms in total. The largest absolute Gasteiger partial charge is 0.492 e. The molecule has 0 bridgehead atoms. The predicted molar refractivity (Wildman–Crippen MR) is 73.6 cm³/mol. The van der Waals surface area contributed by atoms with Crippen molar-refractivity contribution in [2.45, 2.75) is 36.6 Å². The van der Waals surface area contributed by atoms with E-state index in [9.17, 15) is 8.42 Å². The zero-order chi connectivity index (χ0) is 13.7. The molecule has 0 amide bonds. The third kappa shape index (κ3) is 3.92. The van der Waals surface area contributed by atoms with E-state index < -0.39 is 10.0 Å². The Balaban J connectivity index is 2.03. The van der Waals surface area contributed by atoms with Crippen LogP contribution in [0.1, 0.15) is 25.7 Å². The van der Waals surface area contributed by atoms with Crippen LogP contribution < -0.4 is 15.2 Å². The van der Waals surface area contributed by atoms with Gasteiger partial charge in [0, 0.05) is 12.6 Å². The summed E-state index contributed by atoms with van der Waals surface area (Å²) in [7, 11) is -3.41. The second kappa shape index (κ2) is 6.36. The van der Waals surface area contributed by atoms with E-state index in [0.29, 0.717) is 18.9 Å². The van der Waals surface area contributed by atoms with Crippen LogP contribution in [0.2, 0.25) is 0 Å². The third-order valence-electron chi connectivity index (χ3n) is 3.20. The van der Waals surface area contributed by atoms with Gasteiger partial charge in [0.05, 0.1) is 4.90 Å². The highest BCUT2D eigenvalue weighted by Gasteiger charge is 2.22. The number of hydrogen-bond donors (Lipinski definition) is 2. The maximum Gasteiger partial charge on any atom is 0.240 e. The predicted octanol–water partition coefficient (Wildman–Crippen LogP) is 1.24. The van der Waals surface area contributed by atoms with Gasteiger partial charge in [-0.25, -0.2) is 13.1 Å². The fourth-order valence-corrected chi connectivity index (χ4v) is 3.53. The fourth-order valence-electron chi connectivity index (χ4n) is 2.22. The Labute approximate surface area is 114 Å². The first-order chi connectivity index (χ1) is 9.12. The molecule has 6 heteroatoms. The average molecular weight is 284 g/mol. The minimum absolute atomic E-state index is 0.0816. The smallest absolute Gasteiger partial charge is 0.240 e. The van der Waals surface area contributed by atoms with Gasteiger partial charge in [-0.1, -0.05) is 12.8 Å². The number of ether oxygens (including phenoxy) is 1. The summed E-state index contributed by atoms with van der Waals surface area (Å²) in [4.78, 5) is 0.277. The molecule has 2 rings (SSSR count). The van der Waals surface area contributed by atoms with E-state index in [-0.39, 0.29) is 10.9 Å². The van der Waals surface area contributed by atoms with Crippen LogP contribution in [0, 0.1) is 0 Å². The maximum absolute atomic E-state index is 12.1. The van der Waals surface area contributed by atoms with E-state index in [1.807, 2.05) is 0 Å². The molecule has 1 fully saturated rings. The normalized spacial score (nSPS) is 16.7. The van der Waals surface area contributed by atoms with Crippen molar-refractivity contribution >= 4 is 10.0 Å². The molecule has 1 aromatic rings. The maximum atomic E-state index is 12.1. The first kappa shape index (κ1) is 14.3. The van der Waals surface area contributed by atoms with Gasteiger partial charge in [0.15, 0.2) is 0 Å². The topological polar surface area (TPSA) is 81.4 Å². The number of sulfonamides is 1. The quantitative estimate of drug-likeness (QED) is 0.823. The van der Waals surface area contributed by atoms with E-state index >= 15 is 0 Å². The fraction of sp³-hybridized carbons (Fsp3) is 0.538. The molecule has 0 aliphatic heterocycles. The Bertz CT molecular complexity index is 493. The summed E-state index contributed by atoms with van der Waals surface area (Å²) in [6, 6.07) is 6.50. The number of benzene rings is 1. The van der Waals surface area contributed by atoms with Gasteiger partial charge in [-0.05, 0) is 37.1 Å². The van der Waals surface area contributed by atoms with Crippen molar-refractivity contribution < 1.29 is 13.2 Å². The van der Waals surface area contributed by atoms with E-state index in [1.165, 1.54) is 0 Å². The molecule has 1 aromatic carbocycles. The van der Waals surface area contributed by atoms with Crippen molar-refractivity contribution in [3.8, 4) is 5.75 Å². The molecule has 0 atom stereocenters. The lowest BCUT2D eigenvalue weighted by Crippen LogP contribution is -2.32. The molecule has 0 saturated heterocycles. The minimum Gasteiger partial charge on any atom is -0.492 e. The van der Waals surface area contributed by atoms with Crippen molar-refractivity contribution in [1.82, 2.24) is 4.72 Å². The van der Waals surface area contributed by atoms with Gasteiger partial charge in [-0.3, -0.25) is 0 Å². The van der Waals surface area contributed by atoms with E-state index in [4.69, 9.17) is 10.5 Å². The van der Waals surface area contributed by atoms with Crippen LogP contribution in [0.5, 0.6) is 5.75 Å². The van der Waals surface area contributed by atoms with Crippen molar-refractivity contribution in [2.24, 2.45) is 5.73 Å². The van der Waals surface area contributed by atoms with Crippen molar-refractivity contribution in [3.05, 3.63) is 24.3 Å². The Morgan fingerprint density at radius 3 is 2.42 bits per heavy atom. The molecule has 0 heterocycles. The highest BCUT2D eigenvalue weighted by atomic mass is 32.2. The monoisotopic (exact) mass is 284 g/mol. The van der Waals surface area contributed by atoms with Crippen LogP contribution in [-0.4, -0.2) is 27.6 Å². The highest BCUT2D eigenvalue weighted by Crippen LogP contribution is 2.21. The molecule has 106 valence electrons. The van der Waals surface area contributed by atoms with Gasteiger partial charge in [-0.15, -0.1) is 0 Å². The van der Waals surface area contributed by atoms with Crippen LogP contribution in [0.15, 0.2) is 29.2 Å². The van der Waals surface area contributed by atoms with Gasteiger partial charge in [0.1, 0.15) is 12.4 Å². The summed E-state index contributed by atoms with van der Waals surface area (Å²) >= 11 is 0. The molecule has 0 unspecified atom stereocenters. The molecule has 0 radical (unpaired) electrons. The third-order valence-corrected chi connectivity index (χ3v) is 4.73. The molecule has 1 saturated carbocycles. The van der Waals surface area contributed by atoms with E-state index in [2.05, 4.69) is 4.72 Å². The van der Waals surface area contributed by atoms with Crippen LogP contribution in [-0.2, 0) is 10.0 Å². The SMILES string of the molecule is NCCOc1ccc(S(=O)(=O)NC2CCCC2)cc1. The lowest BCUT2D eigenvalue weighted by molar-refractivity contribution is 0.328. The van der Waals surface area contributed by atoms with Crippen LogP contribution >= 0.6 is 0 Å². The molecule has 19 heavy (non-hydrogen) atoms. The molecule has 0 spiro atoms. The lowest BCUT2D eigenvalue weighted by atomic mass is 10.3. The van der Waals surface area contributed by atoms with Gasteiger partial charge in [-0.2, -0.15) is 0 Å². The average Bonchev–Trinajstić information content (AvgIpc) is 2.89. The van der Waals surface area contributed by atoms with Gasteiger partial charge >= 0.3 is 0 Å². The van der Waals surface area contributed by atoms with Gasteiger partial charge < -0.3 is 10.5 Å². The summed E-state index contributed by atoms with van der Waals surface area (Å²) in [6.07, 6.45) is 4.05. The van der Waals surface area contributed by atoms with Crippen LogP contribution in [0.4, 0.5) is 0 Å². The van der Waals surface area contributed by atoms with Crippen LogP contribution in [0.25, 0.3) is 0 Å². The van der Waals surface area contributed by atoms with Gasteiger partial charge in [0.25, 0.3) is 0 Å².